The second-order valence-corrected chi connectivity index (χ2v) is 5.76. The van der Waals surface area contributed by atoms with Gasteiger partial charge in [0.25, 0.3) is 0 Å². The van der Waals surface area contributed by atoms with E-state index in [2.05, 4.69) is 25.7 Å². The molecule has 15 heavy (non-hydrogen) atoms. The van der Waals surface area contributed by atoms with Crippen molar-refractivity contribution in [1.29, 1.82) is 0 Å². The van der Waals surface area contributed by atoms with Crippen LogP contribution in [0.2, 0.25) is 0 Å². The Kier molecular flexibility index (Phi) is 4.14. The minimum atomic E-state index is -0.670. The van der Waals surface area contributed by atoms with E-state index < -0.39 is 5.97 Å². The van der Waals surface area contributed by atoms with E-state index in [-0.39, 0.29) is 17.9 Å². The van der Waals surface area contributed by atoms with Crippen LogP contribution in [0.25, 0.3) is 0 Å². The number of carbonyl (C=O) groups is 1. The Bertz CT molecular complexity index is 214. The van der Waals surface area contributed by atoms with Gasteiger partial charge in [0.1, 0.15) is 0 Å². The first-order valence-corrected chi connectivity index (χ1v) is 5.84. The number of aliphatic carboxylic acids is 1. The van der Waals surface area contributed by atoms with Gasteiger partial charge in [0.05, 0.1) is 6.42 Å². The van der Waals surface area contributed by atoms with E-state index in [4.69, 9.17) is 5.11 Å². The van der Waals surface area contributed by atoms with Crippen molar-refractivity contribution in [3.05, 3.63) is 0 Å². The van der Waals surface area contributed by atoms with Gasteiger partial charge in [-0.05, 0) is 37.8 Å². The van der Waals surface area contributed by atoms with Crippen molar-refractivity contribution in [1.82, 2.24) is 4.90 Å². The first-order valence-electron chi connectivity index (χ1n) is 5.84. The molecule has 0 aromatic carbocycles. The van der Waals surface area contributed by atoms with Crippen LogP contribution in [0.5, 0.6) is 0 Å². The predicted octanol–water partition coefficient (Wildman–Crippen LogP) is 2.36. The third kappa shape index (κ3) is 4.65. The SMILES string of the molecule is CC(C)(C)CC(CC(=O)O)N1CCCC1. The number of nitrogens with zero attached hydrogens (tertiary/aromatic N) is 1. The highest BCUT2D eigenvalue weighted by Gasteiger charge is 2.27. The minimum absolute atomic E-state index is 0.211. The molecule has 1 unspecified atom stereocenters. The normalized spacial score (nSPS) is 20.5. The van der Waals surface area contributed by atoms with E-state index in [0.29, 0.717) is 0 Å². The zero-order chi connectivity index (χ0) is 11.5. The lowest BCUT2D eigenvalue weighted by molar-refractivity contribution is -0.138. The fourth-order valence-electron chi connectivity index (χ4n) is 2.35. The molecule has 0 radical (unpaired) electrons. The first kappa shape index (κ1) is 12.5. The van der Waals surface area contributed by atoms with E-state index >= 15 is 0 Å². The summed E-state index contributed by atoms with van der Waals surface area (Å²) in [6.07, 6.45) is 3.71. The molecule has 0 amide bonds. The zero-order valence-corrected chi connectivity index (χ0v) is 10.1. The summed E-state index contributed by atoms with van der Waals surface area (Å²) in [6.45, 7) is 8.69. The Balaban J connectivity index is 2.55. The van der Waals surface area contributed by atoms with E-state index in [1.165, 1.54) is 12.8 Å². The molecule has 1 atom stereocenters. The van der Waals surface area contributed by atoms with Crippen LogP contribution < -0.4 is 0 Å². The Morgan fingerprint density at radius 1 is 1.33 bits per heavy atom. The molecule has 0 aromatic rings. The molecule has 0 bridgehead atoms. The average molecular weight is 213 g/mol. The lowest BCUT2D eigenvalue weighted by Gasteiger charge is -2.31. The van der Waals surface area contributed by atoms with Gasteiger partial charge in [0, 0.05) is 6.04 Å². The van der Waals surface area contributed by atoms with Gasteiger partial charge in [0.2, 0.25) is 0 Å². The van der Waals surface area contributed by atoms with Crippen molar-refractivity contribution in [2.75, 3.05) is 13.1 Å². The topological polar surface area (TPSA) is 40.5 Å². The Hall–Kier alpha value is -0.570. The number of hydrogen-bond donors (Lipinski definition) is 1. The van der Waals surface area contributed by atoms with Gasteiger partial charge in [-0.1, -0.05) is 20.8 Å². The number of rotatable bonds is 4. The summed E-state index contributed by atoms with van der Waals surface area (Å²) >= 11 is 0. The number of hydrogen-bond acceptors (Lipinski definition) is 2. The van der Waals surface area contributed by atoms with Gasteiger partial charge >= 0.3 is 5.97 Å². The van der Waals surface area contributed by atoms with Crippen LogP contribution in [-0.2, 0) is 4.79 Å². The summed E-state index contributed by atoms with van der Waals surface area (Å²) in [4.78, 5) is 13.2. The van der Waals surface area contributed by atoms with Gasteiger partial charge in [-0.15, -0.1) is 0 Å². The molecule has 1 heterocycles. The Morgan fingerprint density at radius 2 is 1.87 bits per heavy atom. The monoisotopic (exact) mass is 213 g/mol. The molecule has 3 heteroatoms. The van der Waals surface area contributed by atoms with Crippen molar-refractivity contribution in [3.8, 4) is 0 Å². The summed E-state index contributed by atoms with van der Waals surface area (Å²) in [7, 11) is 0. The molecule has 1 fully saturated rings. The fraction of sp³-hybridized carbons (Fsp3) is 0.917. The second-order valence-electron chi connectivity index (χ2n) is 5.76. The highest BCUT2D eigenvalue weighted by atomic mass is 16.4. The highest BCUT2D eigenvalue weighted by molar-refractivity contribution is 5.67. The molecule has 0 aromatic heterocycles. The third-order valence-electron chi connectivity index (χ3n) is 2.92. The largest absolute Gasteiger partial charge is 0.481 e. The number of carboxylic acids is 1. The van der Waals surface area contributed by atoms with Crippen molar-refractivity contribution in [2.24, 2.45) is 5.41 Å². The Morgan fingerprint density at radius 3 is 2.27 bits per heavy atom. The van der Waals surface area contributed by atoms with Crippen LogP contribution in [0.4, 0.5) is 0 Å². The van der Waals surface area contributed by atoms with E-state index in [0.717, 1.165) is 19.5 Å². The zero-order valence-electron chi connectivity index (χ0n) is 10.1. The molecule has 3 nitrogen and oxygen atoms in total. The van der Waals surface area contributed by atoms with Gasteiger partial charge in [0.15, 0.2) is 0 Å². The van der Waals surface area contributed by atoms with Crippen LogP contribution in [-0.4, -0.2) is 35.1 Å². The maximum Gasteiger partial charge on any atom is 0.304 e. The number of carboxylic acid groups (broad SMARTS) is 1. The van der Waals surface area contributed by atoms with Gasteiger partial charge < -0.3 is 5.11 Å². The highest BCUT2D eigenvalue weighted by Crippen LogP contribution is 2.27. The van der Waals surface area contributed by atoms with Gasteiger partial charge in [-0.3, -0.25) is 9.69 Å². The molecule has 1 aliphatic rings. The smallest absolute Gasteiger partial charge is 0.304 e. The van der Waals surface area contributed by atoms with Crippen LogP contribution >= 0.6 is 0 Å². The Labute approximate surface area is 92.5 Å². The lowest BCUT2D eigenvalue weighted by Crippen LogP contribution is -2.37. The molecule has 0 saturated carbocycles. The summed E-state index contributed by atoms with van der Waals surface area (Å²) in [5, 5.41) is 8.91. The summed E-state index contributed by atoms with van der Waals surface area (Å²) in [5.41, 5.74) is 0.211. The predicted molar refractivity (Wildman–Crippen MR) is 60.9 cm³/mol. The standard InChI is InChI=1S/C12H23NO2/c1-12(2,3)9-10(8-11(14)15)13-6-4-5-7-13/h10H,4-9H2,1-3H3,(H,14,15). The van der Waals surface area contributed by atoms with Crippen molar-refractivity contribution < 1.29 is 9.90 Å². The van der Waals surface area contributed by atoms with E-state index in [1.54, 1.807) is 0 Å². The first-order chi connectivity index (χ1) is 6.88. The van der Waals surface area contributed by atoms with E-state index in [9.17, 15) is 4.79 Å². The minimum Gasteiger partial charge on any atom is -0.481 e. The second kappa shape index (κ2) is 4.97. The van der Waals surface area contributed by atoms with Gasteiger partial charge in [-0.25, -0.2) is 0 Å². The maximum absolute atomic E-state index is 10.8. The summed E-state index contributed by atoms with van der Waals surface area (Å²) in [6, 6.07) is 0.227. The molecule has 0 aliphatic carbocycles. The molecule has 1 aliphatic heterocycles. The van der Waals surface area contributed by atoms with Gasteiger partial charge in [-0.2, -0.15) is 0 Å². The quantitative estimate of drug-likeness (QED) is 0.779. The van der Waals surface area contributed by atoms with Crippen LogP contribution in [0, 0.1) is 5.41 Å². The van der Waals surface area contributed by atoms with Crippen molar-refractivity contribution >= 4 is 5.97 Å². The maximum atomic E-state index is 10.8. The molecule has 1 saturated heterocycles. The summed E-state index contributed by atoms with van der Waals surface area (Å²) < 4.78 is 0. The molecule has 1 N–H and O–H groups in total. The molecule has 88 valence electrons. The van der Waals surface area contributed by atoms with Crippen molar-refractivity contribution in [2.45, 2.75) is 52.5 Å². The average Bonchev–Trinajstić information content (AvgIpc) is 2.50. The molecular formula is C12H23NO2. The molecule has 1 rings (SSSR count). The van der Waals surface area contributed by atoms with Crippen molar-refractivity contribution in [3.63, 3.8) is 0 Å². The summed E-state index contributed by atoms with van der Waals surface area (Å²) in [5.74, 6) is -0.670. The third-order valence-corrected chi connectivity index (χ3v) is 2.92. The van der Waals surface area contributed by atoms with E-state index in [1.807, 2.05) is 0 Å². The fourth-order valence-corrected chi connectivity index (χ4v) is 2.35. The number of likely N-dealkylation sites (tertiary alicyclic amines) is 1. The van der Waals surface area contributed by atoms with Crippen LogP contribution in [0.1, 0.15) is 46.5 Å². The van der Waals surface area contributed by atoms with Crippen LogP contribution in [0.3, 0.4) is 0 Å². The molecule has 0 spiro atoms. The van der Waals surface area contributed by atoms with Crippen LogP contribution in [0.15, 0.2) is 0 Å². The lowest BCUT2D eigenvalue weighted by atomic mass is 9.86. The molecular weight excluding hydrogens is 190 g/mol.